The number of anilines is 1. The van der Waals surface area contributed by atoms with Crippen molar-refractivity contribution >= 4 is 11.7 Å². The van der Waals surface area contributed by atoms with Gasteiger partial charge in [-0.25, -0.2) is 0 Å². The highest BCUT2D eigenvalue weighted by Crippen LogP contribution is 2.39. The van der Waals surface area contributed by atoms with E-state index in [1.54, 1.807) is 13.3 Å². The Labute approximate surface area is 232 Å². The number of carbonyl (C=O) groups is 1. The first-order valence-electron chi connectivity index (χ1n) is 13.8. The van der Waals surface area contributed by atoms with E-state index in [0.717, 1.165) is 66.3 Å². The van der Waals surface area contributed by atoms with Crippen LogP contribution in [0.15, 0.2) is 48.8 Å². The number of ether oxygens (including phenoxy) is 3. The molecule has 0 atom stereocenters. The predicted molar refractivity (Wildman–Crippen MR) is 155 cm³/mol. The summed E-state index contributed by atoms with van der Waals surface area (Å²) in [6.07, 6.45) is 6.63. The standard InChI is InChI=1S/C32H41N3O4/c1-22(2)39-30(36)19-27-23(3)33-21-28(31(27)35-16-14-32(4,5)15-17-35)29-12-11-26(20-34-29)38-18-13-24-7-9-25(37-6)10-8-24/h7-12,20-22H,13-19H2,1-6H3. The van der Waals surface area contributed by atoms with Crippen LogP contribution in [0, 0.1) is 12.3 Å². The Morgan fingerprint density at radius 2 is 1.69 bits per heavy atom. The van der Waals surface area contributed by atoms with Gasteiger partial charge in [0.2, 0.25) is 0 Å². The molecule has 39 heavy (non-hydrogen) atoms. The largest absolute Gasteiger partial charge is 0.497 e. The van der Waals surface area contributed by atoms with Gasteiger partial charge < -0.3 is 19.1 Å². The van der Waals surface area contributed by atoms with Crippen molar-refractivity contribution in [1.82, 2.24) is 9.97 Å². The number of rotatable bonds is 10. The summed E-state index contributed by atoms with van der Waals surface area (Å²) in [4.78, 5) is 24.6. The first kappa shape index (κ1) is 28.4. The summed E-state index contributed by atoms with van der Waals surface area (Å²) in [6, 6.07) is 11.9. The molecule has 3 aromatic rings. The highest BCUT2D eigenvalue weighted by molar-refractivity contribution is 5.84. The van der Waals surface area contributed by atoms with Gasteiger partial charge in [-0.2, -0.15) is 0 Å². The molecular weight excluding hydrogens is 490 g/mol. The second-order valence-corrected chi connectivity index (χ2v) is 11.3. The van der Waals surface area contributed by atoms with Crippen molar-refractivity contribution in [2.75, 3.05) is 31.7 Å². The summed E-state index contributed by atoms with van der Waals surface area (Å²) in [5.41, 5.74) is 6.03. The Morgan fingerprint density at radius 3 is 2.31 bits per heavy atom. The Hall–Kier alpha value is -3.61. The quantitative estimate of drug-likeness (QED) is 0.288. The van der Waals surface area contributed by atoms with Gasteiger partial charge in [0.15, 0.2) is 0 Å². The molecule has 1 saturated heterocycles. The topological polar surface area (TPSA) is 73.8 Å². The number of hydrogen-bond donors (Lipinski definition) is 0. The zero-order valence-electron chi connectivity index (χ0n) is 24.1. The molecule has 2 aromatic heterocycles. The molecule has 1 aliphatic heterocycles. The zero-order chi connectivity index (χ0) is 28.0. The van der Waals surface area contributed by atoms with Crippen LogP contribution in [0.2, 0.25) is 0 Å². The number of carbonyl (C=O) groups excluding carboxylic acids is 1. The van der Waals surface area contributed by atoms with Crippen molar-refractivity contribution in [1.29, 1.82) is 0 Å². The third-order valence-corrected chi connectivity index (χ3v) is 7.32. The molecule has 0 radical (unpaired) electrons. The minimum absolute atomic E-state index is 0.160. The number of pyridine rings is 2. The molecule has 0 amide bonds. The molecule has 1 aromatic carbocycles. The van der Waals surface area contributed by atoms with Crippen LogP contribution in [0.1, 0.15) is 57.4 Å². The number of nitrogens with zero attached hydrogens (tertiary/aromatic N) is 3. The fourth-order valence-electron chi connectivity index (χ4n) is 4.88. The van der Waals surface area contributed by atoms with Crippen LogP contribution in [0.25, 0.3) is 11.3 Å². The minimum Gasteiger partial charge on any atom is -0.497 e. The van der Waals surface area contributed by atoms with E-state index in [-0.39, 0.29) is 18.5 Å². The zero-order valence-corrected chi connectivity index (χ0v) is 24.1. The van der Waals surface area contributed by atoms with E-state index in [9.17, 15) is 4.79 Å². The number of aryl methyl sites for hydroxylation is 1. The van der Waals surface area contributed by atoms with Crippen LogP contribution in [0.5, 0.6) is 11.5 Å². The minimum atomic E-state index is -0.237. The molecule has 0 aliphatic carbocycles. The number of hydrogen-bond acceptors (Lipinski definition) is 7. The second-order valence-electron chi connectivity index (χ2n) is 11.3. The van der Waals surface area contributed by atoms with Gasteiger partial charge in [0.1, 0.15) is 11.5 Å². The Kier molecular flexibility index (Phi) is 9.10. The van der Waals surface area contributed by atoms with Gasteiger partial charge in [0, 0.05) is 42.5 Å². The van der Waals surface area contributed by atoms with Gasteiger partial charge in [-0.15, -0.1) is 0 Å². The summed E-state index contributed by atoms with van der Waals surface area (Å²) >= 11 is 0. The molecule has 0 bridgehead atoms. The summed E-state index contributed by atoms with van der Waals surface area (Å²) in [6.45, 7) is 12.7. The summed E-state index contributed by atoms with van der Waals surface area (Å²) in [5.74, 6) is 1.33. The van der Waals surface area contributed by atoms with Crippen LogP contribution >= 0.6 is 0 Å². The van der Waals surface area contributed by atoms with Crippen LogP contribution in [-0.2, 0) is 22.4 Å². The molecule has 1 fully saturated rings. The predicted octanol–water partition coefficient (Wildman–Crippen LogP) is 6.20. The van der Waals surface area contributed by atoms with Crippen LogP contribution in [0.3, 0.4) is 0 Å². The average molecular weight is 532 g/mol. The Morgan fingerprint density at radius 1 is 1.00 bits per heavy atom. The molecule has 7 heteroatoms. The molecular formula is C32H41N3O4. The molecule has 0 N–H and O–H groups in total. The highest BCUT2D eigenvalue weighted by atomic mass is 16.5. The summed E-state index contributed by atoms with van der Waals surface area (Å²) in [7, 11) is 1.67. The maximum Gasteiger partial charge on any atom is 0.310 e. The van der Waals surface area contributed by atoms with Crippen molar-refractivity contribution < 1.29 is 19.0 Å². The van der Waals surface area contributed by atoms with Gasteiger partial charge in [-0.3, -0.25) is 14.8 Å². The molecule has 0 saturated carbocycles. The van der Waals surface area contributed by atoms with E-state index >= 15 is 0 Å². The fraction of sp³-hybridized carbons (Fsp3) is 0.469. The lowest BCUT2D eigenvalue weighted by molar-refractivity contribution is -0.146. The van der Waals surface area contributed by atoms with E-state index in [0.29, 0.717) is 17.8 Å². The monoisotopic (exact) mass is 531 g/mol. The lowest BCUT2D eigenvalue weighted by Crippen LogP contribution is -2.38. The van der Waals surface area contributed by atoms with Gasteiger partial charge in [-0.1, -0.05) is 26.0 Å². The van der Waals surface area contributed by atoms with Crippen molar-refractivity contribution in [2.24, 2.45) is 5.41 Å². The smallest absolute Gasteiger partial charge is 0.310 e. The maximum absolute atomic E-state index is 12.7. The maximum atomic E-state index is 12.7. The van der Waals surface area contributed by atoms with E-state index in [4.69, 9.17) is 19.2 Å². The van der Waals surface area contributed by atoms with Gasteiger partial charge in [-0.05, 0) is 68.9 Å². The Bertz CT molecular complexity index is 1240. The molecule has 208 valence electrons. The van der Waals surface area contributed by atoms with Gasteiger partial charge >= 0.3 is 5.97 Å². The molecule has 1 aliphatic rings. The van der Waals surface area contributed by atoms with E-state index in [1.165, 1.54) is 5.56 Å². The van der Waals surface area contributed by atoms with Crippen LogP contribution < -0.4 is 14.4 Å². The third-order valence-electron chi connectivity index (χ3n) is 7.32. The van der Waals surface area contributed by atoms with Gasteiger partial charge in [0.05, 0.1) is 43.8 Å². The lowest BCUT2D eigenvalue weighted by atomic mass is 9.82. The molecule has 0 unspecified atom stereocenters. The summed E-state index contributed by atoms with van der Waals surface area (Å²) in [5, 5.41) is 0. The summed E-state index contributed by atoms with van der Waals surface area (Å²) < 4.78 is 16.7. The number of esters is 1. The van der Waals surface area contributed by atoms with Crippen molar-refractivity contribution in [3.05, 3.63) is 65.6 Å². The first-order valence-corrected chi connectivity index (χ1v) is 13.8. The average Bonchev–Trinajstić information content (AvgIpc) is 2.90. The number of piperidine rings is 1. The molecule has 7 nitrogen and oxygen atoms in total. The van der Waals surface area contributed by atoms with E-state index in [1.807, 2.05) is 63.4 Å². The highest BCUT2D eigenvalue weighted by Gasteiger charge is 2.30. The molecule has 4 rings (SSSR count). The van der Waals surface area contributed by atoms with E-state index < -0.39 is 0 Å². The molecule has 0 spiro atoms. The SMILES string of the molecule is COc1ccc(CCOc2ccc(-c3cnc(C)c(CC(=O)OC(C)C)c3N3CCC(C)(C)CC3)nc2)cc1. The third kappa shape index (κ3) is 7.49. The van der Waals surface area contributed by atoms with Gasteiger partial charge in [0.25, 0.3) is 0 Å². The van der Waals surface area contributed by atoms with Crippen molar-refractivity contribution in [3.8, 4) is 22.8 Å². The number of methoxy groups -OCH3 is 1. The number of aromatic nitrogens is 2. The fourth-order valence-corrected chi connectivity index (χ4v) is 4.88. The van der Waals surface area contributed by atoms with Crippen LogP contribution in [-0.4, -0.2) is 48.8 Å². The van der Waals surface area contributed by atoms with Crippen molar-refractivity contribution in [2.45, 2.75) is 66.4 Å². The normalized spacial score (nSPS) is 14.8. The first-order chi connectivity index (χ1) is 18.6. The van der Waals surface area contributed by atoms with E-state index in [2.05, 4.69) is 23.7 Å². The Balaban J connectivity index is 1.56. The van der Waals surface area contributed by atoms with Crippen molar-refractivity contribution in [3.63, 3.8) is 0 Å². The lowest BCUT2D eigenvalue weighted by Gasteiger charge is -2.40. The second kappa shape index (κ2) is 12.5. The number of benzene rings is 1. The molecule has 3 heterocycles. The van der Waals surface area contributed by atoms with Crippen LogP contribution in [0.4, 0.5) is 5.69 Å².